The Kier molecular flexibility index (Phi) is 1.75. The van der Waals surface area contributed by atoms with Crippen molar-refractivity contribution < 1.29 is 14.6 Å². The third kappa shape index (κ3) is 1.40. The molecule has 12 heavy (non-hydrogen) atoms. The second-order valence-corrected chi connectivity index (χ2v) is 3.83. The van der Waals surface area contributed by atoms with Crippen LogP contribution in [0.3, 0.4) is 0 Å². The first kappa shape index (κ1) is 8.23. The van der Waals surface area contributed by atoms with E-state index < -0.39 is 5.79 Å². The highest BCUT2D eigenvalue weighted by atomic mass is 16.7. The molecule has 0 spiro atoms. The molecule has 1 heterocycles. The van der Waals surface area contributed by atoms with Crippen LogP contribution in [0.1, 0.15) is 20.3 Å². The predicted octanol–water partition coefficient (Wildman–Crippen LogP) is 0.827. The molecule has 0 amide bonds. The summed E-state index contributed by atoms with van der Waals surface area (Å²) < 4.78 is 11.2. The van der Waals surface area contributed by atoms with Gasteiger partial charge in [0.05, 0.1) is 12.2 Å². The van der Waals surface area contributed by atoms with Crippen LogP contribution in [-0.2, 0) is 9.47 Å². The van der Waals surface area contributed by atoms with Gasteiger partial charge >= 0.3 is 0 Å². The molecule has 3 unspecified atom stereocenters. The quantitative estimate of drug-likeness (QED) is 0.547. The maximum atomic E-state index is 9.30. The molecule has 3 nitrogen and oxygen atoms in total. The average molecular weight is 170 g/mol. The van der Waals surface area contributed by atoms with Gasteiger partial charge in [-0.15, -0.1) is 0 Å². The number of aliphatic hydroxyl groups excluding tert-OH is 1. The molecule has 1 fully saturated rings. The van der Waals surface area contributed by atoms with E-state index in [1.165, 1.54) is 0 Å². The number of hydrogen-bond acceptors (Lipinski definition) is 3. The van der Waals surface area contributed by atoms with Crippen LogP contribution in [-0.4, -0.2) is 29.2 Å². The van der Waals surface area contributed by atoms with Crippen molar-refractivity contribution in [3.63, 3.8) is 0 Å². The highest BCUT2D eigenvalue weighted by molar-refractivity contribution is 5.06. The van der Waals surface area contributed by atoms with E-state index in [0.717, 1.165) is 0 Å². The molecule has 2 aliphatic rings. The van der Waals surface area contributed by atoms with E-state index in [1.54, 1.807) is 6.08 Å². The van der Waals surface area contributed by atoms with Gasteiger partial charge in [0.1, 0.15) is 6.10 Å². The summed E-state index contributed by atoms with van der Waals surface area (Å²) in [6.07, 6.45) is 3.98. The lowest BCUT2D eigenvalue weighted by Gasteiger charge is -2.20. The summed E-state index contributed by atoms with van der Waals surface area (Å²) in [5, 5.41) is 9.30. The lowest BCUT2D eigenvalue weighted by Crippen LogP contribution is -2.29. The van der Waals surface area contributed by atoms with Gasteiger partial charge < -0.3 is 14.6 Å². The molecular formula is C9H14O3. The number of hydrogen-bond donors (Lipinski definition) is 1. The summed E-state index contributed by atoms with van der Waals surface area (Å²) in [6.45, 7) is 3.79. The summed E-state index contributed by atoms with van der Waals surface area (Å²) in [7, 11) is 0. The van der Waals surface area contributed by atoms with E-state index in [1.807, 2.05) is 19.9 Å². The van der Waals surface area contributed by atoms with Crippen LogP contribution in [0.2, 0.25) is 0 Å². The first-order valence-corrected chi connectivity index (χ1v) is 4.29. The normalized spacial score (nSPS) is 44.4. The molecular weight excluding hydrogens is 156 g/mol. The van der Waals surface area contributed by atoms with E-state index in [2.05, 4.69) is 0 Å². The second-order valence-electron chi connectivity index (χ2n) is 3.83. The zero-order valence-electron chi connectivity index (χ0n) is 7.36. The fourth-order valence-corrected chi connectivity index (χ4v) is 1.76. The van der Waals surface area contributed by atoms with E-state index >= 15 is 0 Å². The smallest absolute Gasteiger partial charge is 0.164 e. The Morgan fingerprint density at radius 2 is 2.08 bits per heavy atom. The van der Waals surface area contributed by atoms with E-state index in [4.69, 9.17) is 9.47 Å². The highest BCUT2D eigenvalue weighted by Gasteiger charge is 2.41. The summed E-state index contributed by atoms with van der Waals surface area (Å²) in [6, 6.07) is 0. The van der Waals surface area contributed by atoms with Gasteiger partial charge in [0.25, 0.3) is 0 Å². The van der Waals surface area contributed by atoms with Gasteiger partial charge in [0.2, 0.25) is 0 Å². The van der Waals surface area contributed by atoms with Crippen molar-refractivity contribution in [3.05, 3.63) is 12.2 Å². The molecule has 3 atom stereocenters. The Labute approximate surface area is 72.0 Å². The molecule has 1 aliphatic heterocycles. The fourth-order valence-electron chi connectivity index (χ4n) is 1.76. The molecule has 0 aromatic heterocycles. The molecule has 1 N–H and O–H groups in total. The van der Waals surface area contributed by atoms with Crippen LogP contribution in [0.5, 0.6) is 0 Å². The van der Waals surface area contributed by atoms with Crippen molar-refractivity contribution in [3.8, 4) is 0 Å². The van der Waals surface area contributed by atoms with Crippen molar-refractivity contribution in [1.29, 1.82) is 0 Å². The molecule has 2 rings (SSSR count). The van der Waals surface area contributed by atoms with Crippen molar-refractivity contribution >= 4 is 0 Å². The third-order valence-electron chi connectivity index (χ3n) is 2.22. The van der Waals surface area contributed by atoms with Crippen LogP contribution in [0.25, 0.3) is 0 Å². The van der Waals surface area contributed by atoms with Gasteiger partial charge in [-0.05, 0) is 13.8 Å². The van der Waals surface area contributed by atoms with Crippen LogP contribution < -0.4 is 0 Å². The first-order valence-electron chi connectivity index (χ1n) is 4.29. The Bertz CT molecular complexity index is 210. The van der Waals surface area contributed by atoms with Crippen LogP contribution >= 0.6 is 0 Å². The van der Waals surface area contributed by atoms with Crippen molar-refractivity contribution in [1.82, 2.24) is 0 Å². The summed E-state index contributed by atoms with van der Waals surface area (Å²) in [5.74, 6) is -0.496. The van der Waals surface area contributed by atoms with Crippen molar-refractivity contribution in [2.24, 2.45) is 0 Å². The Morgan fingerprint density at radius 1 is 1.33 bits per heavy atom. The minimum absolute atomic E-state index is 0.0278. The van der Waals surface area contributed by atoms with Gasteiger partial charge in [-0.3, -0.25) is 0 Å². The predicted molar refractivity (Wildman–Crippen MR) is 43.6 cm³/mol. The highest BCUT2D eigenvalue weighted by Crippen LogP contribution is 2.33. The zero-order valence-corrected chi connectivity index (χ0v) is 7.36. The number of aliphatic hydroxyl groups is 1. The van der Waals surface area contributed by atoms with Crippen LogP contribution in [0.15, 0.2) is 12.2 Å². The summed E-state index contributed by atoms with van der Waals surface area (Å²) in [5.41, 5.74) is 0. The zero-order chi connectivity index (χ0) is 8.77. The first-order chi connectivity index (χ1) is 5.57. The van der Waals surface area contributed by atoms with Gasteiger partial charge in [-0.1, -0.05) is 12.2 Å². The average Bonchev–Trinajstić information content (AvgIpc) is 2.21. The monoisotopic (exact) mass is 170 g/mol. The third-order valence-corrected chi connectivity index (χ3v) is 2.22. The maximum absolute atomic E-state index is 9.30. The molecule has 1 aliphatic carbocycles. The largest absolute Gasteiger partial charge is 0.389 e. The second kappa shape index (κ2) is 2.55. The lowest BCUT2D eigenvalue weighted by atomic mass is 10.00. The van der Waals surface area contributed by atoms with Crippen molar-refractivity contribution in [2.75, 3.05) is 0 Å². The SMILES string of the molecule is CC1(C)OC2C=CC(O)CC2O1. The van der Waals surface area contributed by atoms with Gasteiger partial charge in [-0.25, -0.2) is 0 Å². The Morgan fingerprint density at radius 3 is 2.83 bits per heavy atom. The van der Waals surface area contributed by atoms with Gasteiger partial charge in [-0.2, -0.15) is 0 Å². The number of rotatable bonds is 0. The summed E-state index contributed by atoms with van der Waals surface area (Å²) in [4.78, 5) is 0. The standard InChI is InChI=1S/C9H14O3/c1-9(2)11-7-4-3-6(10)5-8(7)12-9/h3-4,6-8,10H,5H2,1-2H3. The lowest BCUT2D eigenvalue weighted by molar-refractivity contribution is -0.144. The van der Waals surface area contributed by atoms with Crippen LogP contribution in [0.4, 0.5) is 0 Å². The molecule has 0 aromatic carbocycles. The topological polar surface area (TPSA) is 38.7 Å². The molecule has 0 saturated carbocycles. The molecule has 68 valence electrons. The van der Waals surface area contributed by atoms with Gasteiger partial charge in [0, 0.05) is 6.42 Å². The molecule has 1 saturated heterocycles. The Hall–Kier alpha value is -0.380. The minimum Gasteiger partial charge on any atom is -0.389 e. The molecule has 0 bridgehead atoms. The number of ether oxygens (including phenoxy) is 2. The van der Waals surface area contributed by atoms with Gasteiger partial charge in [0.15, 0.2) is 5.79 Å². The Balaban J connectivity index is 2.12. The number of fused-ring (bicyclic) bond motifs is 1. The van der Waals surface area contributed by atoms with E-state index in [-0.39, 0.29) is 18.3 Å². The molecule has 0 radical (unpaired) electrons. The molecule has 3 heteroatoms. The molecule has 0 aromatic rings. The fraction of sp³-hybridized carbons (Fsp3) is 0.778. The summed E-state index contributed by atoms with van der Waals surface area (Å²) >= 11 is 0. The minimum atomic E-state index is -0.496. The maximum Gasteiger partial charge on any atom is 0.164 e. The van der Waals surface area contributed by atoms with Crippen LogP contribution in [0, 0.1) is 0 Å². The van der Waals surface area contributed by atoms with E-state index in [0.29, 0.717) is 6.42 Å². The van der Waals surface area contributed by atoms with E-state index in [9.17, 15) is 5.11 Å². The van der Waals surface area contributed by atoms with Crippen molar-refractivity contribution in [2.45, 2.75) is 44.4 Å².